The van der Waals surface area contributed by atoms with Gasteiger partial charge in [0.1, 0.15) is 0 Å². The van der Waals surface area contributed by atoms with Crippen molar-refractivity contribution in [3.63, 3.8) is 0 Å². The summed E-state index contributed by atoms with van der Waals surface area (Å²) in [5.74, 6) is 0. The molecule has 2 aliphatic heterocycles. The molecule has 2 heterocycles. The van der Waals surface area contributed by atoms with Gasteiger partial charge in [-0.25, -0.2) is 0 Å². The Labute approximate surface area is 143 Å². The van der Waals surface area contributed by atoms with Crippen molar-refractivity contribution >= 4 is 49.0 Å². The summed E-state index contributed by atoms with van der Waals surface area (Å²) >= 11 is 4.36. The highest BCUT2D eigenvalue weighted by Crippen LogP contribution is 2.18. The number of hydrogen-bond acceptors (Lipinski definition) is 4. The first-order chi connectivity index (χ1) is 9.19. The summed E-state index contributed by atoms with van der Waals surface area (Å²) in [6, 6.07) is 0.780. The van der Waals surface area contributed by atoms with Crippen LogP contribution in [-0.2, 0) is 4.79 Å². The minimum atomic E-state index is 0.287. The molecule has 2 aliphatic rings. The van der Waals surface area contributed by atoms with Crippen molar-refractivity contribution in [2.75, 3.05) is 50.4 Å². The van der Waals surface area contributed by atoms with E-state index in [2.05, 4.69) is 37.3 Å². The molecule has 0 saturated carbocycles. The molecule has 0 aromatic carbocycles. The van der Waals surface area contributed by atoms with E-state index in [0.29, 0.717) is 6.42 Å². The quantitative estimate of drug-likeness (QED) is 0.254. The van der Waals surface area contributed by atoms with Gasteiger partial charge in [-0.15, -0.1) is 0 Å². The van der Waals surface area contributed by atoms with E-state index in [-0.39, 0.29) is 3.79 Å². The minimum Gasteiger partial charge on any atom is -0.303 e. The zero-order valence-corrected chi connectivity index (χ0v) is 15.7. The normalized spacial score (nSPS) is 24.7. The van der Waals surface area contributed by atoms with Crippen molar-refractivity contribution in [3.05, 3.63) is 0 Å². The largest absolute Gasteiger partial charge is 0.303 e. The predicted octanol–water partition coefficient (Wildman–Crippen LogP) is 1.81. The highest BCUT2D eigenvalue weighted by atomic mass is 127. The molecule has 2 fully saturated rings. The van der Waals surface area contributed by atoms with Gasteiger partial charge in [0.25, 0.3) is 0 Å². The molecule has 0 radical (unpaired) electrons. The van der Waals surface area contributed by atoms with Gasteiger partial charge in [0.15, 0.2) is 3.79 Å². The summed E-state index contributed by atoms with van der Waals surface area (Å²) in [6.07, 6.45) is 3.26. The highest BCUT2D eigenvalue weighted by molar-refractivity contribution is 14.1. The number of carbonyl (C=O) groups is 1. The van der Waals surface area contributed by atoms with Gasteiger partial charge in [-0.2, -0.15) is 0 Å². The number of hydrogen-bond donors (Lipinski definition) is 0. The van der Waals surface area contributed by atoms with Crippen molar-refractivity contribution < 1.29 is 4.79 Å². The molecule has 0 N–H and O–H groups in total. The molecular formula is C13H23I2N3O. The molecule has 6 heteroatoms. The number of rotatable bonds is 5. The van der Waals surface area contributed by atoms with Crippen molar-refractivity contribution in [1.82, 2.24) is 14.7 Å². The van der Waals surface area contributed by atoms with Crippen LogP contribution in [0.3, 0.4) is 0 Å². The van der Waals surface area contributed by atoms with E-state index in [0.717, 1.165) is 17.1 Å². The molecule has 0 unspecified atom stereocenters. The first kappa shape index (κ1) is 16.4. The fourth-order valence-electron chi connectivity index (χ4n) is 3.00. The smallest absolute Gasteiger partial charge is 0.193 e. The van der Waals surface area contributed by atoms with Gasteiger partial charge < -0.3 is 4.90 Å². The second-order valence-corrected chi connectivity index (χ2v) is 7.34. The van der Waals surface area contributed by atoms with Crippen molar-refractivity contribution in [1.29, 1.82) is 0 Å². The minimum absolute atomic E-state index is 0.287. The third kappa shape index (κ3) is 5.37. The van der Waals surface area contributed by atoms with Crippen molar-refractivity contribution in [2.45, 2.75) is 25.3 Å². The number of halogens is 2. The molecule has 0 aromatic heterocycles. The van der Waals surface area contributed by atoms with Gasteiger partial charge in [-0.05, 0) is 48.5 Å². The molecule has 110 valence electrons. The summed E-state index contributed by atoms with van der Waals surface area (Å²) in [5, 5.41) is 0. The van der Waals surface area contributed by atoms with Gasteiger partial charge in [0.05, 0.1) is 4.55 Å². The van der Waals surface area contributed by atoms with Crippen LogP contribution in [0.4, 0.5) is 0 Å². The van der Waals surface area contributed by atoms with E-state index < -0.39 is 0 Å². The summed E-state index contributed by atoms with van der Waals surface area (Å²) in [7, 11) is 0. The Hall–Kier alpha value is 1.01. The zero-order valence-electron chi connectivity index (χ0n) is 11.4. The molecule has 4 nitrogen and oxygen atoms in total. The van der Waals surface area contributed by atoms with Gasteiger partial charge in [0, 0.05) is 45.2 Å². The number of alkyl halides is 1. The summed E-state index contributed by atoms with van der Waals surface area (Å²) < 4.78 is 1.45. The lowest BCUT2D eigenvalue weighted by molar-refractivity contribution is -0.109. The highest BCUT2D eigenvalue weighted by Gasteiger charge is 2.26. The molecule has 0 aromatic rings. The molecule has 0 atom stereocenters. The van der Waals surface area contributed by atoms with E-state index in [1.54, 1.807) is 0 Å². The maximum Gasteiger partial charge on any atom is 0.193 e. The van der Waals surface area contributed by atoms with Gasteiger partial charge in [-0.1, -0.05) is 22.6 Å². The average molecular weight is 491 g/mol. The van der Waals surface area contributed by atoms with Crippen LogP contribution >= 0.6 is 45.2 Å². The zero-order chi connectivity index (χ0) is 13.7. The predicted molar refractivity (Wildman–Crippen MR) is 95.1 cm³/mol. The van der Waals surface area contributed by atoms with Crippen LogP contribution in [0.15, 0.2) is 0 Å². The molecule has 2 rings (SSSR count). The molecule has 0 bridgehead atoms. The van der Waals surface area contributed by atoms with Crippen LogP contribution < -0.4 is 0 Å². The van der Waals surface area contributed by atoms with E-state index in [4.69, 9.17) is 0 Å². The fourth-order valence-corrected chi connectivity index (χ4v) is 3.93. The van der Waals surface area contributed by atoms with Gasteiger partial charge in [0.2, 0.25) is 0 Å². The van der Waals surface area contributed by atoms with Crippen molar-refractivity contribution in [2.24, 2.45) is 0 Å². The van der Waals surface area contributed by atoms with Crippen LogP contribution in [0.5, 0.6) is 0 Å². The number of likely N-dealkylation sites (tertiary alicyclic amines) is 1. The van der Waals surface area contributed by atoms with Crippen LogP contribution in [-0.4, -0.2) is 74.9 Å². The third-order valence-corrected chi connectivity index (χ3v) is 5.78. The number of piperidine rings is 1. The number of nitrogens with zero attached hydrogens (tertiary/aromatic N) is 3. The Kier molecular flexibility index (Phi) is 7.29. The maximum absolute atomic E-state index is 11.0. The average Bonchev–Trinajstić information content (AvgIpc) is 2.46. The number of carbonyl (C=O) groups excluding carboxylic acids is 1. The lowest BCUT2D eigenvalue weighted by atomic mass is 10.0. The van der Waals surface area contributed by atoms with Crippen LogP contribution in [0, 0.1) is 0 Å². The molecular weight excluding hydrogens is 468 g/mol. The van der Waals surface area contributed by atoms with E-state index in [9.17, 15) is 4.79 Å². The van der Waals surface area contributed by atoms with Crippen LogP contribution in [0.1, 0.15) is 19.3 Å². The van der Waals surface area contributed by atoms with Crippen LogP contribution in [0.25, 0.3) is 0 Å². The lowest BCUT2D eigenvalue weighted by Crippen LogP contribution is -2.52. The Morgan fingerprint density at radius 1 is 1.00 bits per heavy atom. The molecule has 0 amide bonds. The third-order valence-electron chi connectivity index (χ3n) is 4.27. The number of piperazine rings is 1. The van der Waals surface area contributed by atoms with Gasteiger partial charge >= 0.3 is 0 Å². The summed E-state index contributed by atoms with van der Waals surface area (Å²) in [5.41, 5.74) is 0. The second kappa shape index (κ2) is 8.45. The van der Waals surface area contributed by atoms with Crippen molar-refractivity contribution in [3.8, 4) is 0 Å². The molecule has 0 spiro atoms. The molecule has 19 heavy (non-hydrogen) atoms. The Bertz CT molecular complexity index is 288. The second-order valence-electron chi connectivity index (χ2n) is 5.45. The molecule has 2 saturated heterocycles. The van der Waals surface area contributed by atoms with Crippen LogP contribution in [0.2, 0.25) is 0 Å². The standard InChI is InChI=1S/C13H23I2N3O/c14-11-17-7-9-18(10-8-17)12-1-4-16(5-2-12)6-3-13(15)19/h12H,1-11H2. The monoisotopic (exact) mass is 491 g/mol. The SMILES string of the molecule is O=C(I)CCN1CCC(N2CCN(CI)CC2)CC1. The Balaban J connectivity index is 1.67. The van der Waals surface area contributed by atoms with E-state index in [1.165, 1.54) is 52.1 Å². The lowest BCUT2D eigenvalue weighted by Gasteiger charge is -2.42. The Morgan fingerprint density at radius 3 is 2.16 bits per heavy atom. The van der Waals surface area contributed by atoms with E-state index >= 15 is 0 Å². The van der Waals surface area contributed by atoms with E-state index in [1.807, 2.05) is 22.6 Å². The first-order valence-electron chi connectivity index (χ1n) is 7.12. The van der Waals surface area contributed by atoms with Gasteiger partial charge in [-0.3, -0.25) is 14.6 Å². The fraction of sp³-hybridized carbons (Fsp3) is 0.923. The topological polar surface area (TPSA) is 26.8 Å². The first-order valence-corrected chi connectivity index (χ1v) is 9.72. The summed E-state index contributed by atoms with van der Waals surface area (Å²) in [4.78, 5) is 18.7. The summed E-state index contributed by atoms with van der Waals surface area (Å²) in [6.45, 7) is 8.22. The Morgan fingerprint density at radius 2 is 1.63 bits per heavy atom. The maximum atomic E-state index is 11.0. The molecule has 0 aliphatic carbocycles.